The third kappa shape index (κ3) is 2.26. The van der Waals surface area contributed by atoms with Gasteiger partial charge >= 0.3 is 0 Å². The summed E-state index contributed by atoms with van der Waals surface area (Å²) in [4.78, 5) is 10.3. The molecule has 0 saturated carbocycles. The number of rotatable bonds is 2. The highest BCUT2D eigenvalue weighted by molar-refractivity contribution is 7.69. The fourth-order valence-electron chi connectivity index (χ4n) is 2.05. The SMILES string of the molecule is Nc1ccc(C[P+]2(O)CCCC2)cc1. The highest BCUT2D eigenvalue weighted by Gasteiger charge is 2.39. The number of hydrogen-bond acceptors (Lipinski definition) is 2. The molecule has 1 saturated heterocycles. The van der Waals surface area contributed by atoms with Gasteiger partial charge in [-0.25, -0.2) is 0 Å². The molecule has 2 rings (SSSR count). The van der Waals surface area contributed by atoms with Gasteiger partial charge in [0.15, 0.2) is 0 Å². The predicted molar refractivity (Wildman–Crippen MR) is 62.7 cm³/mol. The Kier molecular flexibility index (Phi) is 2.76. The molecule has 2 nitrogen and oxygen atoms in total. The Balaban J connectivity index is 2.06. The van der Waals surface area contributed by atoms with E-state index >= 15 is 0 Å². The van der Waals surface area contributed by atoms with Gasteiger partial charge in [-0.2, -0.15) is 0 Å². The quantitative estimate of drug-likeness (QED) is 0.582. The summed E-state index contributed by atoms with van der Waals surface area (Å²) in [5, 5.41) is 0. The summed E-state index contributed by atoms with van der Waals surface area (Å²) in [7, 11) is -1.60. The Morgan fingerprint density at radius 3 is 2.29 bits per heavy atom. The van der Waals surface area contributed by atoms with E-state index in [-0.39, 0.29) is 0 Å². The summed E-state index contributed by atoms with van der Waals surface area (Å²) in [6, 6.07) is 7.90. The molecule has 0 atom stereocenters. The molecule has 1 aliphatic rings. The minimum Gasteiger partial charge on any atom is -0.399 e. The zero-order valence-electron chi connectivity index (χ0n) is 8.32. The molecule has 0 bridgehead atoms. The maximum Gasteiger partial charge on any atom is 0.146 e. The van der Waals surface area contributed by atoms with Gasteiger partial charge < -0.3 is 5.73 Å². The topological polar surface area (TPSA) is 46.2 Å². The van der Waals surface area contributed by atoms with Crippen molar-refractivity contribution in [3.8, 4) is 0 Å². The van der Waals surface area contributed by atoms with Gasteiger partial charge in [-0.15, -0.1) is 0 Å². The zero-order chi connectivity index (χ0) is 10.0. The van der Waals surface area contributed by atoms with Crippen LogP contribution in [0.15, 0.2) is 24.3 Å². The maximum absolute atomic E-state index is 10.3. The van der Waals surface area contributed by atoms with Crippen LogP contribution >= 0.6 is 7.49 Å². The third-order valence-electron chi connectivity index (χ3n) is 2.86. The Bertz CT molecular complexity index is 304. The van der Waals surface area contributed by atoms with Crippen molar-refractivity contribution in [2.45, 2.75) is 19.0 Å². The summed E-state index contributed by atoms with van der Waals surface area (Å²) in [5.74, 6) is 0. The molecule has 0 aliphatic carbocycles. The van der Waals surface area contributed by atoms with Gasteiger partial charge in [-0.1, -0.05) is 12.1 Å². The fourth-order valence-corrected chi connectivity index (χ4v) is 5.10. The largest absolute Gasteiger partial charge is 0.399 e. The van der Waals surface area contributed by atoms with Gasteiger partial charge in [0.1, 0.15) is 13.7 Å². The summed E-state index contributed by atoms with van der Waals surface area (Å²) in [6.07, 6.45) is 5.40. The van der Waals surface area contributed by atoms with E-state index in [4.69, 9.17) is 5.73 Å². The average Bonchev–Trinajstić information content (AvgIpc) is 2.57. The van der Waals surface area contributed by atoms with Gasteiger partial charge in [0.25, 0.3) is 0 Å². The van der Waals surface area contributed by atoms with E-state index in [0.29, 0.717) is 0 Å². The summed E-state index contributed by atoms with van der Waals surface area (Å²) in [5.41, 5.74) is 7.64. The van der Waals surface area contributed by atoms with Crippen LogP contribution in [0.25, 0.3) is 0 Å². The third-order valence-corrected chi connectivity index (χ3v) is 6.11. The smallest absolute Gasteiger partial charge is 0.146 e. The van der Waals surface area contributed by atoms with Crippen molar-refractivity contribution >= 4 is 13.2 Å². The Morgan fingerprint density at radius 1 is 1.14 bits per heavy atom. The fraction of sp³-hybridized carbons (Fsp3) is 0.455. The van der Waals surface area contributed by atoms with E-state index in [1.165, 1.54) is 18.4 Å². The van der Waals surface area contributed by atoms with Crippen LogP contribution in [-0.2, 0) is 6.16 Å². The lowest BCUT2D eigenvalue weighted by Crippen LogP contribution is -1.98. The predicted octanol–water partition coefficient (Wildman–Crippen LogP) is 2.49. The number of nitrogens with two attached hydrogens (primary N) is 1. The molecule has 0 radical (unpaired) electrons. The monoisotopic (exact) mass is 210 g/mol. The van der Waals surface area contributed by atoms with Crippen LogP contribution in [0.3, 0.4) is 0 Å². The van der Waals surface area contributed by atoms with Crippen molar-refractivity contribution in [3.05, 3.63) is 29.8 Å². The molecule has 0 aromatic heterocycles. The lowest BCUT2D eigenvalue weighted by Gasteiger charge is -2.13. The molecule has 76 valence electrons. The molecule has 1 heterocycles. The van der Waals surface area contributed by atoms with E-state index < -0.39 is 7.49 Å². The minimum absolute atomic E-state index is 0.797. The second-order valence-electron chi connectivity index (χ2n) is 4.15. The molecule has 1 aromatic rings. The Morgan fingerprint density at radius 2 is 1.71 bits per heavy atom. The van der Waals surface area contributed by atoms with Crippen molar-refractivity contribution in [1.29, 1.82) is 0 Å². The van der Waals surface area contributed by atoms with Gasteiger partial charge in [-0.3, -0.25) is 4.89 Å². The van der Waals surface area contributed by atoms with Crippen molar-refractivity contribution in [2.24, 2.45) is 0 Å². The molecule has 3 N–H and O–H groups in total. The summed E-state index contributed by atoms with van der Waals surface area (Å²) >= 11 is 0. The van der Waals surface area contributed by atoms with Crippen LogP contribution in [0.1, 0.15) is 18.4 Å². The number of anilines is 1. The van der Waals surface area contributed by atoms with E-state index in [1.807, 2.05) is 24.3 Å². The Labute approximate surface area is 85.6 Å². The highest BCUT2D eigenvalue weighted by Crippen LogP contribution is 2.62. The summed E-state index contributed by atoms with van der Waals surface area (Å²) in [6.45, 7) is 0. The van der Waals surface area contributed by atoms with Gasteiger partial charge in [-0.05, 0) is 30.5 Å². The summed E-state index contributed by atoms with van der Waals surface area (Å²) < 4.78 is 0. The van der Waals surface area contributed by atoms with Crippen molar-refractivity contribution in [1.82, 2.24) is 0 Å². The second kappa shape index (κ2) is 3.88. The van der Waals surface area contributed by atoms with Crippen molar-refractivity contribution in [2.75, 3.05) is 18.1 Å². The van der Waals surface area contributed by atoms with Crippen LogP contribution in [0.2, 0.25) is 0 Å². The molecule has 14 heavy (non-hydrogen) atoms. The lowest BCUT2D eigenvalue weighted by atomic mass is 10.2. The average molecular weight is 210 g/mol. The second-order valence-corrected chi connectivity index (χ2v) is 7.55. The van der Waals surface area contributed by atoms with E-state index in [9.17, 15) is 4.89 Å². The molecule has 1 fully saturated rings. The molecular formula is C11H17NOP+. The molecular weight excluding hydrogens is 193 g/mol. The van der Waals surface area contributed by atoms with Crippen LogP contribution in [0.5, 0.6) is 0 Å². The molecule has 3 heteroatoms. The highest BCUT2D eigenvalue weighted by atomic mass is 31.2. The van der Waals surface area contributed by atoms with Gasteiger partial charge in [0.05, 0.1) is 12.3 Å². The number of hydrogen-bond donors (Lipinski definition) is 2. The number of benzene rings is 1. The first-order chi connectivity index (χ1) is 6.68. The molecule has 1 aliphatic heterocycles. The first-order valence-corrected chi connectivity index (χ1v) is 7.41. The van der Waals surface area contributed by atoms with Crippen molar-refractivity contribution < 1.29 is 4.89 Å². The van der Waals surface area contributed by atoms with Crippen LogP contribution in [0, 0.1) is 0 Å². The Hall–Kier alpha value is -0.590. The van der Waals surface area contributed by atoms with E-state index in [0.717, 1.165) is 24.2 Å². The van der Waals surface area contributed by atoms with Crippen LogP contribution in [0.4, 0.5) is 5.69 Å². The van der Waals surface area contributed by atoms with Gasteiger partial charge in [0.2, 0.25) is 0 Å². The zero-order valence-corrected chi connectivity index (χ0v) is 9.21. The van der Waals surface area contributed by atoms with E-state index in [2.05, 4.69) is 0 Å². The molecule has 0 unspecified atom stereocenters. The maximum atomic E-state index is 10.3. The minimum atomic E-state index is -1.60. The molecule has 1 aromatic carbocycles. The lowest BCUT2D eigenvalue weighted by molar-refractivity contribution is 0.603. The molecule has 0 amide bonds. The first kappa shape index (κ1) is 9.95. The van der Waals surface area contributed by atoms with Crippen LogP contribution in [-0.4, -0.2) is 17.2 Å². The molecule has 0 spiro atoms. The van der Waals surface area contributed by atoms with Crippen LogP contribution < -0.4 is 5.73 Å². The standard InChI is InChI=1S/C11H17NOP/c12-11-5-3-10(4-6-11)9-14(13)7-1-2-8-14/h3-6,13H,1-2,7-9,12H2/q+1. The normalized spacial score (nSPS) is 19.8. The first-order valence-electron chi connectivity index (χ1n) is 5.11. The number of nitrogen functional groups attached to an aromatic ring is 1. The van der Waals surface area contributed by atoms with E-state index in [1.54, 1.807) is 0 Å². The van der Waals surface area contributed by atoms with Crippen molar-refractivity contribution in [3.63, 3.8) is 0 Å². The van der Waals surface area contributed by atoms with Gasteiger partial charge in [0, 0.05) is 5.69 Å².